The lowest BCUT2D eigenvalue weighted by atomic mass is 10.1. The first-order valence-electron chi connectivity index (χ1n) is 4.39. The molecular formula is C10H8BrClN2O. The third-order valence-corrected chi connectivity index (χ3v) is 2.59. The molecule has 2 aromatic rings. The average Bonchev–Trinajstić information content (AvgIpc) is 2.65. The summed E-state index contributed by atoms with van der Waals surface area (Å²) in [5.41, 5.74) is 1.12. The molecule has 0 N–H and O–H groups in total. The zero-order chi connectivity index (χ0) is 10.7. The molecule has 1 aromatic carbocycles. The molecule has 0 aliphatic heterocycles. The number of nitrogens with zero attached hydrogens (tertiary/aromatic N) is 2. The summed E-state index contributed by atoms with van der Waals surface area (Å²) in [6, 6.07) is 7.97. The van der Waals surface area contributed by atoms with Crippen LogP contribution in [0.15, 0.2) is 33.2 Å². The standard InChI is InChI=1S/C10H8BrClN2O/c11-8-3-1-2-7(4-8)5-9-13-14-10(6-12)15-9/h1-4H,5-6H2. The molecule has 0 radical (unpaired) electrons. The summed E-state index contributed by atoms with van der Waals surface area (Å²) in [5, 5.41) is 7.69. The number of hydrogen-bond donors (Lipinski definition) is 0. The van der Waals surface area contributed by atoms with Gasteiger partial charge in [-0.15, -0.1) is 21.8 Å². The van der Waals surface area contributed by atoms with Crippen molar-refractivity contribution >= 4 is 27.5 Å². The average molecular weight is 288 g/mol. The zero-order valence-corrected chi connectivity index (χ0v) is 10.1. The van der Waals surface area contributed by atoms with E-state index in [9.17, 15) is 0 Å². The van der Waals surface area contributed by atoms with E-state index in [1.54, 1.807) is 0 Å². The van der Waals surface area contributed by atoms with E-state index in [1.165, 1.54) is 0 Å². The van der Waals surface area contributed by atoms with Gasteiger partial charge in [-0.3, -0.25) is 0 Å². The minimum Gasteiger partial charge on any atom is -0.424 e. The Bertz CT molecular complexity index is 458. The highest BCUT2D eigenvalue weighted by molar-refractivity contribution is 9.10. The minimum atomic E-state index is 0.255. The molecule has 0 bridgehead atoms. The Hall–Kier alpha value is -0.870. The van der Waals surface area contributed by atoms with Crippen LogP contribution in [0.1, 0.15) is 17.3 Å². The van der Waals surface area contributed by atoms with Crippen LogP contribution in [-0.2, 0) is 12.3 Å². The van der Waals surface area contributed by atoms with Gasteiger partial charge in [0.2, 0.25) is 11.8 Å². The second-order valence-electron chi connectivity index (χ2n) is 3.03. The fraction of sp³-hybridized carbons (Fsp3) is 0.200. The molecule has 1 heterocycles. The molecule has 0 spiro atoms. The summed E-state index contributed by atoms with van der Waals surface area (Å²) >= 11 is 8.97. The Morgan fingerprint density at radius 1 is 1.27 bits per heavy atom. The molecule has 0 amide bonds. The first-order valence-corrected chi connectivity index (χ1v) is 5.72. The van der Waals surface area contributed by atoms with Crippen LogP contribution in [0.2, 0.25) is 0 Å². The van der Waals surface area contributed by atoms with Crippen LogP contribution in [0, 0.1) is 0 Å². The van der Waals surface area contributed by atoms with Crippen molar-refractivity contribution < 1.29 is 4.42 Å². The van der Waals surface area contributed by atoms with Crippen molar-refractivity contribution in [1.29, 1.82) is 0 Å². The van der Waals surface area contributed by atoms with Crippen LogP contribution in [0.3, 0.4) is 0 Å². The third kappa shape index (κ3) is 2.79. The van der Waals surface area contributed by atoms with Gasteiger partial charge in [0.05, 0.1) is 6.42 Å². The molecule has 0 saturated carbocycles. The van der Waals surface area contributed by atoms with Crippen molar-refractivity contribution in [2.75, 3.05) is 0 Å². The van der Waals surface area contributed by atoms with E-state index in [4.69, 9.17) is 16.0 Å². The molecule has 0 fully saturated rings. The van der Waals surface area contributed by atoms with Crippen LogP contribution in [0.5, 0.6) is 0 Å². The molecule has 3 nitrogen and oxygen atoms in total. The molecule has 2 rings (SSSR count). The van der Waals surface area contributed by atoms with Crippen molar-refractivity contribution in [1.82, 2.24) is 10.2 Å². The molecule has 1 aromatic heterocycles. The molecule has 0 saturated heterocycles. The van der Waals surface area contributed by atoms with Crippen molar-refractivity contribution in [3.05, 3.63) is 46.1 Å². The highest BCUT2D eigenvalue weighted by atomic mass is 79.9. The Morgan fingerprint density at radius 3 is 2.73 bits per heavy atom. The molecule has 78 valence electrons. The summed E-state index contributed by atoms with van der Waals surface area (Å²) in [6.45, 7) is 0. The van der Waals surface area contributed by atoms with Gasteiger partial charge in [0.1, 0.15) is 5.88 Å². The van der Waals surface area contributed by atoms with Gasteiger partial charge < -0.3 is 4.42 Å². The first kappa shape index (κ1) is 10.6. The quantitative estimate of drug-likeness (QED) is 0.814. The Labute approximate surface area is 101 Å². The van der Waals surface area contributed by atoms with E-state index in [0.717, 1.165) is 10.0 Å². The highest BCUT2D eigenvalue weighted by Gasteiger charge is 2.05. The second-order valence-corrected chi connectivity index (χ2v) is 4.21. The van der Waals surface area contributed by atoms with Crippen molar-refractivity contribution in [2.45, 2.75) is 12.3 Å². The predicted molar refractivity (Wildman–Crippen MR) is 60.8 cm³/mol. The van der Waals surface area contributed by atoms with Crippen LogP contribution in [0.25, 0.3) is 0 Å². The Kier molecular flexibility index (Phi) is 3.38. The highest BCUT2D eigenvalue weighted by Crippen LogP contribution is 2.15. The number of benzene rings is 1. The van der Waals surface area contributed by atoms with Crippen LogP contribution in [-0.4, -0.2) is 10.2 Å². The van der Waals surface area contributed by atoms with E-state index >= 15 is 0 Å². The molecule has 0 atom stereocenters. The molecular weight excluding hydrogens is 279 g/mol. The molecule has 0 unspecified atom stereocenters. The van der Waals surface area contributed by atoms with Crippen molar-refractivity contribution in [3.8, 4) is 0 Å². The van der Waals surface area contributed by atoms with E-state index in [2.05, 4.69) is 26.1 Å². The number of halogens is 2. The van der Waals surface area contributed by atoms with Gasteiger partial charge in [-0.05, 0) is 17.7 Å². The first-order chi connectivity index (χ1) is 7.28. The van der Waals surface area contributed by atoms with Gasteiger partial charge in [-0.1, -0.05) is 28.1 Å². The monoisotopic (exact) mass is 286 g/mol. The summed E-state index contributed by atoms with van der Waals surface area (Å²) in [7, 11) is 0. The second kappa shape index (κ2) is 4.77. The predicted octanol–water partition coefficient (Wildman–Crippen LogP) is 3.16. The number of alkyl halides is 1. The summed E-state index contributed by atoms with van der Waals surface area (Å²) < 4.78 is 6.35. The molecule has 0 aliphatic carbocycles. The van der Waals surface area contributed by atoms with Crippen molar-refractivity contribution in [2.24, 2.45) is 0 Å². The van der Waals surface area contributed by atoms with Crippen molar-refractivity contribution in [3.63, 3.8) is 0 Å². The smallest absolute Gasteiger partial charge is 0.231 e. The lowest BCUT2D eigenvalue weighted by molar-refractivity contribution is 0.473. The maximum absolute atomic E-state index is 5.56. The largest absolute Gasteiger partial charge is 0.424 e. The van der Waals surface area contributed by atoms with Crippen LogP contribution in [0.4, 0.5) is 0 Å². The SMILES string of the molecule is ClCc1nnc(Cc2cccc(Br)c2)o1. The lowest BCUT2D eigenvalue weighted by Gasteiger charge is -1.97. The van der Waals surface area contributed by atoms with Crippen LogP contribution < -0.4 is 0 Å². The van der Waals surface area contributed by atoms with Gasteiger partial charge in [-0.25, -0.2) is 0 Å². The number of hydrogen-bond acceptors (Lipinski definition) is 3. The number of aromatic nitrogens is 2. The summed E-state index contributed by atoms with van der Waals surface area (Å²) in [5.74, 6) is 1.30. The van der Waals surface area contributed by atoms with Gasteiger partial charge in [0.25, 0.3) is 0 Å². The van der Waals surface area contributed by atoms with E-state index in [0.29, 0.717) is 18.2 Å². The number of rotatable bonds is 3. The van der Waals surface area contributed by atoms with Gasteiger partial charge in [0, 0.05) is 4.47 Å². The Balaban J connectivity index is 2.14. The topological polar surface area (TPSA) is 38.9 Å². The molecule has 15 heavy (non-hydrogen) atoms. The lowest BCUT2D eigenvalue weighted by Crippen LogP contribution is -1.87. The molecule has 0 aliphatic rings. The van der Waals surface area contributed by atoms with Gasteiger partial charge in [0.15, 0.2) is 0 Å². The third-order valence-electron chi connectivity index (χ3n) is 1.87. The minimum absolute atomic E-state index is 0.255. The van der Waals surface area contributed by atoms with Gasteiger partial charge >= 0.3 is 0 Å². The fourth-order valence-electron chi connectivity index (χ4n) is 1.24. The van der Waals surface area contributed by atoms with E-state index < -0.39 is 0 Å². The molecule has 5 heteroatoms. The zero-order valence-electron chi connectivity index (χ0n) is 7.78. The summed E-state index contributed by atoms with van der Waals surface area (Å²) in [6.07, 6.45) is 0.628. The fourth-order valence-corrected chi connectivity index (χ4v) is 1.79. The normalized spacial score (nSPS) is 10.5. The Morgan fingerprint density at radius 2 is 2.07 bits per heavy atom. The van der Waals surface area contributed by atoms with E-state index in [1.807, 2.05) is 24.3 Å². The summed E-state index contributed by atoms with van der Waals surface area (Å²) in [4.78, 5) is 0. The van der Waals surface area contributed by atoms with E-state index in [-0.39, 0.29) is 5.88 Å². The maximum atomic E-state index is 5.56. The van der Waals surface area contributed by atoms with Crippen LogP contribution >= 0.6 is 27.5 Å². The maximum Gasteiger partial charge on any atom is 0.231 e. The van der Waals surface area contributed by atoms with Gasteiger partial charge in [-0.2, -0.15) is 0 Å².